The van der Waals surface area contributed by atoms with E-state index < -0.39 is 0 Å². The topological polar surface area (TPSA) is 35.2 Å². The Morgan fingerprint density at radius 2 is 2.14 bits per heavy atom. The van der Waals surface area contributed by atoms with Gasteiger partial charge in [0, 0.05) is 11.6 Å². The van der Waals surface area contributed by atoms with Crippen LogP contribution in [0.15, 0.2) is 22.7 Å². The lowest BCUT2D eigenvalue weighted by Gasteiger charge is -2.25. The van der Waals surface area contributed by atoms with Crippen LogP contribution in [0.2, 0.25) is 5.02 Å². The fourth-order valence-corrected chi connectivity index (χ4v) is 1.66. The lowest BCUT2D eigenvalue weighted by Crippen LogP contribution is -2.37. The molecule has 2 nitrogen and oxygen atoms in total. The first-order valence-electron chi connectivity index (χ1n) is 4.29. The Balaban J connectivity index is 2.87. The molecule has 14 heavy (non-hydrogen) atoms. The van der Waals surface area contributed by atoms with Gasteiger partial charge in [-0.05, 0) is 48.0 Å². The molecule has 1 aromatic carbocycles. The molecule has 0 radical (unpaired) electrons. The van der Waals surface area contributed by atoms with Crippen LogP contribution in [-0.4, -0.2) is 12.1 Å². The summed E-state index contributed by atoms with van der Waals surface area (Å²) in [5, 5.41) is 0.676. The Kier molecular flexibility index (Phi) is 3.81. The summed E-state index contributed by atoms with van der Waals surface area (Å²) in [7, 11) is 0. The molecule has 1 aromatic rings. The van der Waals surface area contributed by atoms with Crippen LogP contribution in [0, 0.1) is 0 Å². The average molecular weight is 279 g/mol. The van der Waals surface area contributed by atoms with Crippen molar-refractivity contribution in [2.24, 2.45) is 5.73 Å². The molecule has 0 saturated heterocycles. The largest absolute Gasteiger partial charge is 0.485 e. The molecule has 0 aliphatic rings. The van der Waals surface area contributed by atoms with E-state index in [4.69, 9.17) is 22.1 Å². The predicted octanol–water partition coefficient (Wildman–Crippen LogP) is 3.22. The third kappa shape index (κ3) is 3.15. The quantitative estimate of drug-likeness (QED) is 0.921. The number of nitrogens with two attached hydrogens (primary N) is 1. The molecule has 1 rings (SSSR count). The zero-order chi connectivity index (χ0) is 10.8. The molecule has 0 unspecified atom stereocenters. The average Bonchev–Trinajstić information content (AvgIpc) is 2.10. The molecule has 0 bridgehead atoms. The fraction of sp³-hybridized carbons (Fsp3) is 0.400. The maximum Gasteiger partial charge on any atom is 0.134 e. The third-order valence-electron chi connectivity index (χ3n) is 1.77. The summed E-state index contributed by atoms with van der Waals surface area (Å²) in [5.41, 5.74) is 5.20. The van der Waals surface area contributed by atoms with Gasteiger partial charge in [0.05, 0.1) is 4.47 Å². The zero-order valence-corrected chi connectivity index (χ0v) is 10.5. The highest BCUT2D eigenvalue weighted by Crippen LogP contribution is 2.30. The Labute approximate surface area is 97.5 Å². The van der Waals surface area contributed by atoms with Gasteiger partial charge < -0.3 is 10.5 Å². The highest BCUT2D eigenvalue weighted by molar-refractivity contribution is 9.10. The monoisotopic (exact) mass is 277 g/mol. The van der Waals surface area contributed by atoms with E-state index in [1.807, 2.05) is 19.9 Å². The van der Waals surface area contributed by atoms with Crippen LogP contribution in [0.25, 0.3) is 0 Å². The molecule has 0 atom stereocenters. The smallest absolute Gasteiger partial charge is 0.134 e. The van der Waals surface area contributed by atoms with E-state index >= 15 is 0 Å². The first-order chi connectivity index (χ1) is 6.44. The number of hydrogen-bond acceptors (Lipinski definition) is 2. The van der Waals surface area contributed by atoms with Gasteiger partial charge in [-0.2, -0.15) is 0 Å². The second-order valence-electron chi connectivity index (χ2n) is 3.64. The highest BCUT2D eigenvalue weighted by atomic mass is 79.9. The van der Waals surface area contributed by atoms with E-state index in [0.29, 0.717) is 11.6 Å². The van der Waals surface area contributed by atoms with Crippen LogP contribution in [-0.2, 0) is 0 Å². The van der Waals surface area contributed by atoms with Gasteiger partial charge in [0.15, 0.2) is 0 Å². The van der Waals surface area contributed by atoms with E-state index in [0.717, 1.165) is 10.2 Å². The van der Waals surface area contributed by atoms with Crippen molar-refractivity contribution in [1.29, 1.82) is 0 Å². The van der Waals surface area contributed by atoms with Crippen LogP contribution >= 0.6 is 27.5 Å². The first kappa shape index (κ1) is 11.8. The Hall–Kier alpha value is -0.250. The standard InChI is InChI=1S/C10H13BrClNO/c1-10(2,6-13)14-9-4-3-7(12)5-8(9)11/h3-5H,6,13H2,1-2H3. The van der Waals surface area contributed by atoms with Crippen molar-refractivity contribution < 1.29 is 4.74 Å². The number of ether oxygens (including phenoxy) is 1. The fourth-order valence-electron chi connectivity index (χ4n) is 0.897. The van der Waals surface area contributed by atoms with Gasteiger partial charge >= 0.3 is 0 Å². The summed E-state index contributed by atoms with van der Waals surface area (Å²) in [5.74, 6) is 0.754. The van der Waals surface area contributed by atoms with E-state index in [-0.39, 0.29) is 5.60 Å². The molecular formula is C10H13BrClNO. The van der Waals surface area contributed by atoms with E-state index in [1.165, 1.54) is 0 Å². The van der Waals surface area contributed by atoms with Crippen molar-refractivity contribution in [3.05, 3.63) is 27.7 Å². The lowest BCUT2D eigenvalue weighted by atomic mass is 10.1. The Morgan fingerprint density at radius 1 is 1.50 bits per heavy atom. The molecule has 0 amide bonds. The summed E-state index contributed by atoms with van der Waals surface area (Å²) < 4.78 is 6.55. The molecule has 0 saturated carbocycles. The minimum atomic E-state index is -0.365. The van der Waals surface area contributed by atoms with Crippen molar-refractivity contribution in [1.82, 2.24) is 0 Å². The van der Waals surface area contributed by atoms with Crippen molar-refractivity contribution in [2.75, 3.05) is 6.54 Å². The van der Waals surface area contributed by atoms with Crippen LogP contribution in [0.3, 0.4) is 0 Å². The minimum Gasteiger partial charge on any atom is -0.485 e. The minimum absolute atomic E-state index is 0.365. The van der Waals surface area contributed by atoms with Gasteiger partial charge in [-0.25, -0.2) is 0 Å². The highest BCUT2D eigenvalue weighted by Gasteiger charge is 2.18. The SMILES string of the molecule is CC(C)(CN)Oc1ccc(Cl)cc1Br. The number of benzene rings is 1. The van der Waals surface area contributed by atoms with Gasteiger partial charge in [-0.1, -0.05) is 11.6 Å². The van der Waals surface area contributed by atoms with E-state index in [1.54, 1.807) is 12.1 Å². The maximum absolute atomic E-state index is 5.81. The molecule has 4 heteroatoms. The molecule has 2 N–H and O–H groups in total. The molecule has 0 aliphatic carbocycles. The van der Waals surface area contributed by atoms with Crippen molar-refractivity contribution in [3.63, 3.8) is 0 Å². The van der Waals surface area contributed by atoms with Crippen LogP contribution in [0.4, 0.5) is 0 Å². The normalized spacial score (nSPS) is 11.5. The number of rotatable bonds is 3. The molecule has 0 fully saturated rings. The summed E-state index contributed by atoms with van der Waals surface area (Å²) in [6, 6.07) is 5.40. The van der Waals surface area contributed by atoms with Gasteiger partial charge in [0.25, 0.3) is 0 Å². The molecule has 0 heterocycles. The van der Waals surface area contributed by atoms with Crippen LogP contribution in [0.1, 0.15) is 13.8 Å². The number of hydrogen-bond donors (Lipinski definition) is 1. The predicted molar refractivity (Wildman–Crippen MR) is 62.9 cm³/mol. The molecule has 0 spiro atoms. The van der Waals surface area contributed by atoms with E-state index in [9.17, 15) is 0 Å². The van der Waals surface area contributed by atoms with Crippen molar-refractivity contribution in [2.45, 2.75) is 19.4 Å². The Morgan fingerprint density at radius 3 is 2.64 bits per heavy atom. The van der Waals surface area contributed by atoms with Gasteiger partial charge in [-0.3, -0.25) is 0 Å². The van der Waals surface area contributed by atoms with Crippen LogP contribution in [0.5, 0.6) is 5.75 Å². The number of halogens is 2. The summed E-state index contributed by atoms with van der Waals surface area (Å²) in [6.45, 7) is 4.34. The molecule has 0 aromatic heterocycles. The zero-order valence-electron chi connectivity index (χ0n) is 8.18. The van der Waals surface area contributed by atoms with Gasteiger partial charge in [0.2, 0.25) is 0 Å². The summed E-state index contributed by atoms with van der Waals surface area (Å²) in [6.07, 6.45) is 0. The third-order valence-corrected chi connectivity index (χ3v) is 2.63. The summed E-state index contributed by atoms with van der Waals surface area (Å²) in [4.78, 5) is 0. The second kappa shape index (κ2) is 4.51. The Bertz CT molecular complexity index is 328. The molecular weight excluding hydrogens is 265 g/mol. The first-order valence-corrected chi connectivity index (χ1v) is 5.46. The lowest BCUT2D eigenvalue weighted by molar-refractivity contribution is 0.118. The summed E-state index contributed by atoms with van der Waals surface area (Å²) >= 11 is 9.19. The van der Waals surface area contributed by atoms with Crippen LogP contribution < -0.4 is 10.5 Å². The van der Waals surface area contributed by atoms with Gasteiger partial charge in [-0.15, -0.1) is 0 Å². The maximum atomic E-state index is 5.81. The second-order valence-corrected chi connectivity index (χ2v) is 4.93. The van der Waals surface area contributed by atoms with Gasteiger partial charge in [0.1, 0.15) is 11.4 Å². The molecule has 78 valence electrons. The van der Waals surface area contributed by atoms with Crippen molar-refractivity contribution in [3.8, 4) is 5.75 Å². The molecule has 0 aliphatic heterocycles. The van der Waals surface area contributed by atoms with E-state index in [2.05, 4.69) is 15.9 Å². The van der Waals surface area contributed by atoms with Crippen molar-refractivity contribution >= 4 is 27.5 Å².